The number of halogens is 2. The molecule has 4 N–H and O–H groups in total. The van der Waals surface area contributed by atoms with Crippen LogP contribution in [0.1, 0.15) is 5.56 Å². The third-order valence-corrected chi connectivity index (χ3v) is 1.86. The number of carbonyl (C=O) groups is 2. The molecule has 1 aromatic rings. The van der Waals surface area contributed by atoms with Crippen LogP contribution in [-0.4, -0.2) is 11.8 Å². The molecule has 0 radical (unpaired) electrons. The zero-order valence-corrected chi connectivity index (χ0v) is 8.30. The van der Waals surface area contributed by atoms with E-state index in [4.69, 9.17) is 0 Å². The number of rotatable bonds is 1. The fourth-order valence-electron chi connectivity index (χ4n) is 1.01. The van der Waals surface area contributed by atoms with Crippen molar-refractivity contribution in [3.63, 3.8) is 0 Å². The number of nitrogens with two attached hydrogens (primary N) is 1. The molecule has 0 saturated carbocycles. The van der Waals surface area contributed by atoms with E-state index in [1.165, 1.54) is 13.0 Å². The SMILES string of the molecule is Cc1ccc(F)c(NC(=O)C(=O)NN)c1F. The molecule has 0 aromatic heterocycles. The molecule has 2 amide bonds. The van der Waals surface area contributed by atoms with E-state index in [1.807, 2.05) is 0 Å². The van der Waals surface area contributed by atoms with Crippen LogP contribution in [0.25, 0.3) is 0 Å². The van der Waals surface area contributed by atoms with E-state index in [1.54, 1.807) is 10.7 Å². The molecule has 0 heterocycles. The minimum atomic E-state index is -1.24. The molecule has 0 saturated heterocycles. The standard InChI is InChI=1S/C9H9F2N3O2/c1-4-2-3-5(10)7(6(4)11)13-8(15)9(16)14-12/h2-3H,12H2,1H3,(H,13,15)(H,14,16). The first-order valence-corrected chi connectivity index (χ1v) is 4.24. The highest BCUT2D eigenvalue weighted by Crippen LogP contribution is 2.21. The topological polar surface area (TPSA) is 84.2 Å². The van der Waals surface area contributed by atoms with E-state index in [0.29, 0.717) is 0 Å². The van der Waals surface area contributed by atoms with Crippen molar-refractivity contribution in [2.24, 2.45) is 5.84 Å². The summed E-state index contributed by atoms with van der Waals surface area (Å²) in [5, 5.41) is 1.79. The van der Waals surface area contributed by atoms with Gasteiger partial charge in [-0.05, 0) is 18.6 Å². The summed E-state index contributed by atoms with van der Waals surface area (Å²) in [6.45, 7) is 1.40. The molecule has 0 spiro atoms. The van der Waals surface area contributed by atoms with Crippen LogP contribution in [0, 0.1) is 18.6 Å². The molecule has 0 aliphatic heterocycles. The van der Waals surface area contributed by atoms with Crippen molar-refractivity contribution in [2.75, 3.05) is 5.32 Å². The van der Waals surface area contributed by atoms with Crippen molar-refractivity contribution < 1.29 is 18.4 Å². The van der Waals surface area contributed by atoms with Gasteiger partial charge in [-0.15, -0.1) is 0 Å². The number of hydrazine groups is 1. The van der Waals surface area contributed by atoms with Crippen LogP contribution in [-0.2, 0) is 9.59 Å². The van der Waals surface area contributed by atoms with Gasteiger partial charge in [0.15, 0.2) is 5.82 Å². The summed E-state index contributed by atoms with van der Waals surface area (Å²) < 4.78 is 26.5. The first-order chi connectivity index (χ1) is 7.47. The number of aryl methyl sites for hydroxylation is 1. The predicted molar refractivity (Wildman–Crippen MR) is 52.1 cm³/mol. The number of anilines is 1. The van der Waals surface area contributed by atoms with Gasteiger partial charge < -0.3 is 5.32 Å². The van der Waals surface area contributed by atoms with Crippen LogP contribution in [0.2, 0.25) is 0 Å². The molecule has 0 aliphatic rings. The van der Waals surface area contributed by atoms with E-state index in [0.717, 1.165) is 6.07 Å². The lowest BCUT2D eigenvalue weighted by Gasteiger charge is -2.08. The molecular formula is C9H9F2N3O2. The summed E-state index contributed by atoms with van der Waals surface area (Å²) in [7, 11) is 0. The molecule has 16 heavy (non-hydrogen) atoms. The van der Waals surface area contributed by atoms with E-state index >= 15 is 0 Å². The van der Waals surface area contributed by atoms with Crippen LogP contribution >= 0.6 is 0 Å². The zero-order valence-electron chi connectivity index (χ0n) is 8.30. The highest BCUT2D eigenvalue weighted by molar-refractivity contribution is 6.39. The average Bonchev–Trinajstić information content (AvgIpc) is 2.28. The number of amides is 2. The molecule has 86 valence electrons. The minimum Gasteiger partial charge on any atom is -0.313 e. The Morgan fingerprint density at radius 1 is 1.25 bits per heavy atom. The smallest absolute Gasteiger partial charge is 0.313 e. The van der Waals surface area contributed by atoms with E-state index in [-0.39, 0.29) is 5.56 Å². The second-order valence-electron chi connectivity index (χ2n) is 2.98. The van der Waals surface area contributed by atoms with Gasteiger partial charge >= 0.3 is 11.8 Å². The highest BCUT2D eigenvalue weighted by atomic mass is 19.1. The second-order valence-corrected chi connectivity index (χ2v) is 2.98. The second kappa shape index (κ2) is 4.67. The molecule has 1 aromatic carbocycles. The van der Waals surface area contributed by atoms with Crippen LogP contribution in [0.3, 0.4) is 0 Å². The summed E-state index contributed by atoms with van der Waals surface area (Å²) in [5.41, 5.74) is 1.01. The summed E-state index contributed by atoms with van der Waals surface area (Å²) in [6, 6.07) is 2.19. The van der Waals surface area contributed by atoms with Crippen molar-refractivity contribution in [1.29, 1.82) is 0 Å². The van der Waals surface area contributed by atoms with Gasteiger partial charge in [-0.25, -0.2) is 14.6 Å². The molecule has 1 rings (SSSR count). The van der Waals surface area contributed by atoms with E-state index < -0.39 is 29.1 Å². The Morgan fingerprint density at radius 3 is 2.44 bits per heavy atom. The normalized spacial score (nSPS) is 9.75. The summed E-state index contributed by atoms with van der Waals surface area (Å²) >= 11 is 0. The van der Waals surface area contributed by atoms with E-state index in [2.05, 4.69) is 5.84 Å². The Labute approximate surface area is 89.6 Å². The van der Waals surface area contributed by atoms with E-state index in [9.17, 15) is 18.4 Å². The number of benzene rings is 1. The predicted octanol–water partition coefficient (Wildman–Crippen LogP) is 0.202. The first kappa shape index (κ1) is 12.1. The van der Waals surface area contributed by atoms with Crippen LogP contribution in [0.15, 0.2) is 12.1 Å². The van der Waals surface area contributed by atoms with Gasteiger partial charge in [0.05, 0.1) is 0 Å². The summed E-state index contributed by atoms with van der Waals surface area (Å²) in [4.78, 5) is 21.8. The Bertz CT molecular complexity index is 449. The lowest BCUT2D eigenvalue weighted by molar-refractivity contribution is -0.136. The van der Waals surface area contributed by atoms with Gasteiger partial charge in [0.1, 0.15) is 11.5 Å². The van der Waals surface area contributed by atoms with Crippen molar-refractivity contribution in [3.05, 3.63) is 29.3 Å². The van der Waals surface area contributed by atoms with Crippen LogP contribution in [0.5, 0.6) is 0 Å². The Balaban J connectivity index is 3.02. The number of nitrogens with one attached hydrogen (secondary N) is 2. The maximum Gasteiger partial charge on any atom is 0.323 e. The summed E-state index contributed by atoms with van der Waals surface area (Å²) in [6.07, 6.45) is 0. The summed E-state index contributed by atoms with van der Waals surface area (Å²) in [5.74, 6) is 0.343. The third kappa shape index (κ3) is 2.31. The third-order valence-electron chi connectivity index (χ3n) is 1.86. The fraction of sp³-hybridized carbons (Fsp3) is 0.111. The van der Waals surface area contributed by atoms with Gasteiger partial charge in [0.25, 0.3) is 0 Å². The fourth-order valence-corrected chi connectivity index (χ4v) is 1.01. The molecule has 0 fully saturated rings. The monoisotopic (exact) mass is 229 g/mol. The van der Waals surface area contributed by atoms with Gasteiger partial charge in [-0.2, -0.15) is 0 Å². The van der Waals surface area contributed by atoms with Crippen LogP contribution < -0.4 is 16.6 Å². The van der Waals surface area contributed by atoms with Gasteiger partial charge in [0.2, 0.25) is 0 Å². The molecule has 0 atom stereocenters. The Kier molecular flexibility index (Phi) is 3.51. The lowest BCUT2D eigenvalue weighted by Crippen LogP contribution is -2.39. The van der Waals surface area contributed by atoms with Gasteiger partial charge in [-0.1, -0.05) is 6.07 Å². The number of hydrogen-bond acceptors (Lipinski definition) is 3. The minimum absolute atomic E-state index is 0.143. The van der Waals surface area contributed by atoms with Gasteiger partial charge in [0, 0.05) is 0 Å². The van der Waals surface area contributed by atoms with Crippen molar-refractivity contribution in [2.45, 2.75) is 6.92 Å². The van der Waals surface area contributed by atoms with Gasteiger partial charge in [-0.3, -0.25) is 15.0 Å². The molecule has 0 unspecified atom stereocenters. The Morgan fingerprint density at radius 2 is 1.88 bits per heavy atom. The van der Waals surface area contributed by atoms with Crippen molar-refractivity contribution in [3.8, 4) is 0 Å². The highest BCUT2D eigenvalue weighted by Gasteiger charge is 2.18. The number of carbonyl (C=O) groups excluding carboxylic acids is 2. The van der Waals surface area contributed by atoms with Crippen molar-refractivity contribution in [1.82, 2.24) is 5.43 Å². The van der Waals surface area contributed by atoms with Crippen molar-refractivity contribution >= 4 is 17.5 Å². The first-order valence-electron chi connectivity index (χ1n) is 4.24. The largest absolute Gasteiger partial charge is 0.323 e. The molecule has 0 bridgehead atoms. The molecular weight excluding hydrogens is 220 g/mol. The maximum absolute atomic E-state index is 13.4. The number of hydrogen-bond donors (Lipinski definition) is 3. The molecule has 7 heteroatoms. The average molecular weight is 229 g/mol. The zero-order chi connectivity index (χ0) is 12.3. The lowest BCUT2D eigenvalue weighted by atomic mass is 10.2. The molecule has 5 nitrogen and oxygen atoms in total. The quantitative estimate of drug-likeness (QED) is 0.278. The van der Waals surface area contributed by atoms with Crippen LogP contribution in [0.4, 0.5) is 14.5 Å². The Hall–Kier alpha value is -2.02. The maximum atomic E-state index is 13.4. The molecule has 0 aliphatic carbocycles.